The third-order valence-corrected chi connectivity index (χ3v) is 3.01. The minimum atomic E-state index is -0.979. The summed E-state index contributed by atoms with van der Waals surface area (Å²) >= 11 is 0. The van der Waals surface area contributed by atoms with Gasteiger partial charge in [-0.3, -0.25) is 0 Å². The Kier molecular flexibility index (Phi) is 3.75. The zero-order valence-electron chi connectivity index (χ0n) is 10.6. The zero-order chi connectivity index (χ0) is 14.0. The molecule has 0 saturated carbocycles. The van der Waals surface area contributed by atoms with Gasteiger partial charge in [0.2, 0.25) is 5.88 Å². The quantitative estimate of drug-likeness (QED) is 0.709. The van der Waals surface area contributed by atoms with Crippen molar-refractivity contribution in [2.75, 3.05) is 23.8 Å². The molecule has 1 aliphatic rings. The fourth-order valence-corrected chi connectivity index (χ4v) is 2.15. The van der Waals surface area contributed by atoms with Gasteiger partial charge in [0.05, 0.1) is 18.4 Å². The second-order valence-corrected chi connectivity index (χ2v) is 4.39. The Balaban J connectivity index is 2.30. The maximum Gasteiger partial charge on any atom is 0.326 e. The lowest BCUT2D eigenvalue weighted by Crippen LogP contribution is -2.36. The number of carboxylic acid groups (broad SMARTS) is 1. The highest BCUT2D eigenvalue weighted by molar-refractivity contribution is 5.79. The summed E-state index contributed by atoms with van der Waals surface area (Å²) in [5.74, 6) is -0.250. The number of β-amino-alcohol motifs (C(OH)–C–C–N with tert-alkyl or cyclic N) is 1. The van der Waals surface area contributed by atoms with Crippen molar-refractivity contribution >= 4 is 17.5 Å². The number of aliphatic hydroxyl groups is 1. The topological polar surface area (TPSA) is 109 Å². The highest BCUT2D eigenvalue weighted by Gasteiger charge is 2.37. The van der Waals surface area contributed by atoms with Crippen LogP contribution in [0.5, 0.6) is 5.88 Å². The first-order valence-corrected chi connectivity index (χ1v) is 6.09. The van der Waals surface area contributed by atoms with Crippen LogP contribution in [0.3, 0.4) is 0 Å². The Morgan fingerprint density at radius 1 is 1.63 bits per heavy atom. The Labute approximate surface area is 110 Å². The number of hydrogen-bond acceptors (Lipinski definition) is 6. The molecule has 7 nitrogen and oxygen atoms in total. The number of anilines is 2. The van der Waals surface area contributed by atoms with Crippen LogP contribution < -0.4 is 15.4 Å². The number of nitrogens with two attached hydrogens (primary N) is 1. The van der Waals surface area contributed by atoms with E-state index in [1.807, 2.05) is 6.92 Å². The third-order valence-electron chi connectivity index (χ3n) is 3.01. The van der Waals surface area contributed by atoms with Crippen LogP contribution in [0.15, 0.2) is 12.1 Å². The average molecular weight is 267 g/mol. The molecule has 1 fully saturated rings. The molecular weight excluding hydrogens is 250 g/mol. The van der Waals surface area contributed by atoms with Crippen molar-refractivity contribution in [3.63, 3.8) is 0 Å². The van der Waals surface area contributed by atoms with Crippen LogP contribution in [-0.4, -0.2) is 46.5 Å². The molecule has 2 heterocycles. The van der Waals surface area contributed by atoms with Crippen molar-refractivity contribution in [2.45, 2.75) is 25.5 Å². The van der Waals surface area contributed by atoms with Gasteiger partial charge in [0.15, 0.2) is 0 Å². The van der Waals surface area contributed by atoms with Gasteiger partial charge in [0, 0.05) is 13.0 Å². The first-order chi connectivity index (χ1) is 9.02. The third kappa shape index (κ3) is 2.70. The van der Waals surface area contributed by atoms with E-state index in [0.29, 0.717) is 18.1 Å². The number of aromatic nitrogens is 1. The molecular formula is C12H17N3O4. The molecule has 2 unspecified atom stereocenters. The number of carbonyl (C=O) groups is 1. The maximum atomic E-state index is 11.2. The monoisotopic (exact) mass is 267 g/mol. The van der Waals surface area contributed by atoms with E-state index in [4.69, 9.17) is 15.6 Å². The highest BCUT2D eigenvalue weighted by Crippen LogP contribution is 2.28. The Morgan fingerprint density at radius 2 is 2.37 bits per heavy atom. The molecule has 0 radical (unpaired) electrons. The second kappa shape index (κ2) is 5.31. The van der Waals surface area contributed by atoms with Crippen molar-refractivity contribution in [3.05, 3.63) is 12.1 Å². The number of aliphatic hydroxyl groups excluding tert-OH is 1. The average Bonchev–Trinajstić information content (AvgIpc) is 2.75. The van der Waals surface area contributed by atoms with Gasteiger partial charge in [-0.15, -0.1) is 0 Å². The van der Waals surface area contributed by atoms with Crippen molar-refractivity contribution in [1.29, 1.82) is 0 Å². The van der Waals surface area contributed by atoms with E-state index in [0.717, 1.165) is 0 Å². The van der Waals surface area contributed by atoms with Crippen LogP contribution in [0.4, 0.5) is 11.5 Å². The molecule has 2 rings (SSSR count). The van der Waals surface area contributed by atoms with E-state index in [9.17, 15) is 9.90 Å². The summed E-state index contributed by atoms with van der Waals surface area (Å²) in [6, 6.07) is 2.48. The normalized spacial score (nSPS) is 22.5. The molecule has 1 saturated heterocycles. The van der Waals surface area contributed by atoms with Crippen LogP contribution in [0.1, 0.15) is 13.3 Å². The van der Waals surface area contributed by atoms with Crippen molar-refractivity contribution in [2.24, 2.45) is 0 Å². The van der Waals surface area contributed by atoms with E-state index in [-0.39, 0.29) is 18.8 Å². The van der Waals surface area contributed by atoms with Crippen molar-refractivity contribution in [1.82, 2.24) is 4.98 Å². The summed E-state index contributed by atoms with van der Waals surface area (Å²) in [5, 5.41) is 18.8. The molecule has 104 valence electrons. The molecule has 1 aromatic rings. The molecule has 0 spiro atoms. The van der Waals surface area contributed by atoms with Gasteiger partial charge in [0.1, 0.15) is 11.9 Å². The van der Waals surface area contributed by atoms with Crippen molar-refractivity contribution < 1.29 is 19.7 Å². The van der Waals surface area contributed by atoms with Crippen molar-refractivity contribution in [3.8, 4) is 5.88 Å². The van der Waals surface area contributed by atoms with Gasteiger partial charge in [0.25, 0.3) is 0 Å². The predicted molar refractivity (Wildman–Crippen MR) is 69.2 cm³/mol. The van der Waals surface area contributed by atoms with Crippen LogP contribution in [-0.2, 0) is 4.79 Å². The van der Waals surface area contributed by atoms with Gasteiger partial charge < -0.3 is 25.6 Å². The second-order valence-electron chi connectivity index (χ2n) is 4.39. The van der Waals surface area contributed by atoms with Gasteiger partial charge in [-0.1, -0.05) is 0 Å². The summed E-state index contributed by atoms with van der Waals surface area (Å²) in [6.45, 7) is 2.47. The molecule has 4 N–H and O–H groups in total. The fraction of sp³-hybridized carbons (Fsp3) is 0.500. The van der Waals surface area contributed by atoms with E-state index in [1.165, 1.54) is 0 Å². The molecule has 7 heteroatoms. The molecule has 0 aromatic carbocycles. The van der Waals surface area contributed by atoms with Gasteiger partial charge in [-0.2, -0.15) is 4.98 Å². The van der Waals surface area contributed by atoms with E-state index in [1.54, 1.807) is 17.0 Å². The zero-order valence-corrected chi connectivity index (χ0v) is 10.6. The molecule has 2 atom stereocenters. The fourth-order valence-electron chi connectivity index (χ4n) is 2.15. The van der Waals surface area contributed by atoms with E-state index < -0.39 is 18.1 Å². The molecule has 0 aliphatic carbocycles. The Bertz CT molecular complexity index is 480. The van der Waals surface area contributed by atoms with E-state index >= 15 is 0 Å². The summed E-state index contributed by atoms with van der Waals surface area (Å²) in [5.41, 5.74) is 6.12. The van der Waals surface area contributed by atoms with Crippen LogP contribution in [0.25, 0.3) is 0 Å². The number of pyridine rings is 1. The minimum absolute atomic E-state index is 0.186. The van der Waals surface area contributed by atoms with Gasteiger partial charge in [-0.05, 0) is 19.1 Å². The number of rotatable bonds is 4. The minimum Gasteiger partial charge on any atom is -0.480 e. The molecule has 1 aliphatic heterocycles. The number of hydrogen-bond donors (Lipinski definition) is 3. The van der Waals surface area contributed by atoms with Gasteiger partial charge >= 0.3 is 5.97 Å². The molecule has 1 aromatic heterocycles. The molecule has 0 bridgehead atoms. The SMILES string of the molecule is CCOc1nc(N2CC(O)CC2C(=O)O)ccc1N. The first kappa shape index (κ1) is 13.4. The number of nitrogens with zero attached hydrogens (tertiary/aromatic N) is 2. The lowest BCUT2D eigenvalue weighted by Gasteiger charge is -2.22. The largest absolute Gasteiger partial charge is 0.480 e. The van der Waals surface area contributed by atoms with Crippen LogP contribution in [0, 0.1) is 0 Å². The summed E-state index contributed by atoms with van der Waals surface area (Å²) in [4.78, 5) is 16.9. The lowest BCUT2D eigenvalue weighted by molar-refractivity contribution is -0.138. The molecule has 19 heavy (non-hydrogen) atoms. The molecule has 0 amide bonds. The first-order valence-electron chi connectivity index (χ1n) is 6.09. The maximum absolute atomic E-state index is 11.2. The standard InChI is InChI=1S/C12H17N3O4/c1-2-19-11-8(13)3-4-10(14-11)15-6-7(16)5-9(15)12(17)18/h3-4,7,9,16H,2,5-6,13H2,1H3,(H,17,18). The Hall–Kier alpha value is -2.02. The number of carboxylic acids is 1. The predicted octanol–water partition coefficient (Wildman–Crippen LogP) is 0.0867. The smallest absolute Gasteiger partial charge is 0.326 e. The van der Waals surface area contributed by atoms with E-state index in [2.05, 4.69) is 4.98 Å². The van der Waals surface area contributed by atoms with Crippen LogP contribution >= 0.6 is 0 Å². The van der Waals surface area contributed by atoms with Gasteiger partial charge in [-0.25, -0.2) is 4.79 Å². The summed E-state index contributed by atoms with van der Waals surface area (Å²) < 4.78 is 5.29. The number of nitrogen functional groups attached to an aromatic ring is 1. The summed E-state index contributed by atoms with van der Waals surface area (Å²) in [6.07, 6.45) is -0.485. The number of aliphatic carboxylic acids is 1. The Morgan fingerprint density at radius 3 is 3.00 bits per heavy atom. The summed E-state index contributed by atoms with van der Waals surface area (Å²) in [7, 11) is 0. The number of ether oxygens (including phenoxy) is 1. The highest BCUT2D eigenvalue weighted by atomic mass is 16.5. The lowest BCUT2D eigenvalue weighted by atomic mass is 10.2. The van der Waals surface area contributed by atoms with Crippen LogP contribution in [0.2, 0.25) is 0 Å².